The van der Waals surface area contributed by atoms with E-state index in [1.165, 1.54) is 5.57 Å². The third kappa shape index (κ3) is 3.53. The summed E-state index contributed by atoms with van der Waals surface area (Å²) < 4.78 is 5.37. The molecule has 1 aromatic rings. The molecule has 1 heterocycles. The molecule has 20 heavy (non-hydrogen) atoms. The minimum Gasteiger partial charge on any atom is -0.467 e. The molecular formula is C17H25NO2. The van der Waals surface area contributed by atoms with Crippen LogP contribution in [0.15, 0.2) is 34.5 Å². The van der Waals surface area contributed by atoms with Gasteiger partial charge < -0.3 is 9.32 Å². The summed E-state index contributed by atoms with van der Waals surface area (Å²) in [4.78, 5) is 13.8. The van der Waals surface area contributed by atoms with Crippen LogP contribution in [0.4, 0.5) is 0 Å². The van der Waals surface area contributed by atoms with Gasteiger partial charge in [0.15, 0.2) is 0 Å². The molecule has 0 unspecified atom stereocenters. The van der Waals surface area contributed by atoms with Crippen molar-refractivity contribution in [3.05, 3.63) is 35.8 Å². The Hall–Kier alpha value is -1.51. The molecule has 0 spiro atoms. The van der Waals surface area contributed by atoms with E-state index in [0.717, 1.165) is 18.7 Å². The van der Waals surface area contributed by atoms with Gasteiger partial charge in [0.1, 0.15) is 5.76 Å². The van der Waals surface area contributed by atoms with Crippen LogP contribution in [0.25, 0.3) is 0 Å². The molecule has 3 heteroatoms. The van der Waals surface area contributed by atoms with Crippen molar-refractivity contribution in [2.24, 2.45) is 17.8 Å². The average Bonchev–Trinajstić information content (AvgIpc) is 2.84. The van der Waals surface area contributed by atoms with Crippen molar-refractivity contribution < 1.29 is 9.21 Å². The topological polar surface area (TPSA) is 33.5 Å². The SMILES string of the molecule is CC(=O)N(Cc1ccco1)C[C@@H]1[C@H](C)C=C(C)C[C@H]1C. The standard InChI is InChI=1S/C17H25NO2/c1-12-8-13(2)17(14(3)9-12)11-18(15(4)19)10-16-6-5-7-20-16/h5-8,13-14,17H,9-11H2,1-4H3/t13-,14-,17-/m1/s1. The van der Waals surface area contributed by atoms with E-state index in [-0.39, 0.29) is 5.91 Å². The van der Waals surface area contributed by atoms with Crippen LogP contribution in [0.1, 0.15) is 39.9 Å². The van der Waals surface area contributed by atoms with Crippen LogP contribution >= 0.6 is 0 Å². The van der Waals surface area contributed by atoms with Crippen LogP contribution in [0.2, 0.25) is 0 Å². The highest BCUT2D eigenvalue weighted by Gasteiger charge is 2.29. The van der Waals surface area contributed by atoms with Crippen LogP contribution in [-0.2, 0) is 11.3 Å². The monoisotopic (exact) mass is 275 g/mol. The van der Waals surface area contributed by atoms with Crippen molar-refractivity contribution in [1.82, 2.24) is 4.90 Å². The van der Waals surface area contributed by atoms with E-state index in [2.05, 4.69) is 26.8 Å². The molecule has 1 aliphatic rings. The fourth-order valence-corrected chi connectivity index (χ4v) is 3.31. The van der Waals surface area contributed by atoms with E-state index < -0.39 is 0 Å². The van der Waals surface area contributed by atoms with Crippen LogP contribution in [-0.4, -0.2) is 17.4 Å². The van der Waals surface area contributed by atoms with Gasteiger partial charge in [0.25, 0.3) is 0 Å². The van der Waals surface area contributed by atoms with E-state index in [4.69, 9.17) is 4.42 Å². The van der Waals surface area contributed by atoms with Gasteiger partial charge in [0.2, 0.25) is 5.91 Å². The zero-order chi connectivity index (χ0) is 14.7. The first-order valence-electron chi connectivity index (χ1n) is 7.42. The lowest BCUT2D eigenvalue weighted by Crippen LogP contribution is -2.38. The van der Waals surface area contributed by atoms with Crippen molar-refractivity contribution in [2.75, 3.05) is 6.54 Å². The van der Waals surface area contributed by atoms with Crippen molar-refractivity contribution in [3.8, 4) is 0 Å². The summed E-state index contributed by atoms with van der Waals surface area (Å²) in [5.41, 5.74) is 1.47. The number of furan rings is 1. The number of amides is 1. The zero-order valence-corrected chi connectivity index (χ0v) is 12.9. The molecule has 2 rings (SSSR count). The minimum atomic E-state index is 0.118. The summed E-state index contributed by atoms with van der Waals surface area (Å²) in [5.74, 6) is 2.64. The molecule has 0 saturated carbocycles. The van der Waals surface area contributed by atoms with Crippen LogP contribution in [0.5, 0.6) is 0 Å². The third-order valence-electron chi connectivity index (χ3n) is 4.40. The van der Waals surface area contributed by atoms with Crippen LogP contribution in [0.3, 0.4) is 0 Å². The quantitative estimate of drug-likeness (QED) is 0.782. The van der Waals surface area contributed by atoms with Gasteiger partial charge in [-0.05, 0) is 43.2 Å². The molecule has 0 saturated heterocycles. The van der Waals surface area contributed by atoms with Crippen molar-refractivity contribution in [2.45, 2.75) is 40.7 Å². The normalized spacial score (nSPS) is 26.2. The lowest BCUT2D eigenvalue weighted by atomic mass is 9.75. The molecular weight excluding hydrogens is 250 g/mol. The first-order chi connectivity index (χ1) is 9.47. The van der Waals surface area contributed by atoms with Gasteiger partial charge in [-0.1, -0.05) is 25.5 Å². The second-order valence-electron chi connectivity index (χ2n) is 6.20. The molecule has 1 amide bonds. The van der Waals surface area contributed by atoms with Gasteiger partial charge in [-0.3, -0.25) is 4.79 Å². The van der Waals surface area contributed by atoms with Gasteiger partial charge >= 0.3 is 0 Å². The highest BCUT2D eigenvalue weighted by atomic mass is 16.3. The molecule has 0 bridgehead atoms. The van der Waals surface area contributed by atoms with Gasteiger partial charge in [-0.15, -0.1) is 0 Å². The summed E-state index contributed by atoms with van der Waals surface area (Å²) in [5, 5.41) is 0. The summed E-state index contributed by atoms with van der Waals surface area (Å²) in [6.07, 6.45) is 5.16. The average molecular weight is 275 g/mol. The Kier molecular flexibility index (Phi) is 4.69. The number of allylic oxidation sites excluding steroid dienone is 2. The Morgan fingerprint density at radius 1 is 1.45 bits per heavy atom. The van der Waals surface area contributed by atoms with E-state index >= 15 is 0 Å². The van der Waals surface area contributed by atoms with Gasteiger partial charge in [-0.2, -0.15) is 0 Å². The number of hydrogen-bond donors (Lipinski definition) is 0. The highest BCUT2D eigenvalue weighted by Crippen LogP contribution is 2.34. The van der Waals surface area contributed by atoms with Crippen molar-refractivity contribution in [3.63, 3.8) is 0 Å². The van der Waals surface area contributed by atoms with Gasteiger partial charge in [0.05, 0.1) is 12.8 Å². The number of nitrogens with zero attached hydrogens (tertiary/aromatic N) is 1. The summed E-state index contributed by atoms with van der Waals surface area (Å²) in [6.45, 7) is 9.78. The van der Waals surface area contributed by atoms with Crippen molar-refractivity contribution in [1.29, 1.82) is 0 Å². The fourth-order valence-electron chi connectivity index (χ4n) is 3.31. The van der Waals surface area contributed by atoms with Gasteiger partial charge in [0, 0.05) is 13.5 Å². The summed E-state index contributed by atoms with van der Waals surface area (Å²) >= 11 is 0. The molecule has 110 valence electrons. The van der Waals surface area contributed by atoms with Crippen LogP contribution < -0.4 is 0 Å². The van der Waals surface area contributed by atoms with Gasteiger partial charge in [-0.25, -0.2) is 0 Å². The molecule has 0 radical (unpaired) electrons. The third-order valence-corrected chi connectivity index (χ3v) is 4.40. The Morgan fingerprint density at radius 2 is 2.20 bits per heavy atom. The summed E-state index contributed by atoms with van der Waals surface area (Å²) in [7, 11) is 0. The first kappa shape index (κ1) is 14.9. The number of hydrogen-bond acceptors (Lipinski definition) is 2. The predicted octanol–water partition coefficient (Wildman–Crippen LogP) is 3.87. The van der Waals surface area contributed by atoms with E-state index in [1.807, 2.05) is 17.0 Å². The second-order valence-corrected chi connectivity index (χ2v) is 6.20. The smallest absolute Gasteiger partial charge is 0.219 e. The van der Waals surface area contributed by atoms with E-state index in [9.17, 15) is 4.79 Å². The van der Waals surface area contributed by atoms with E-state index in [1.54, 1.807) is 13.2 Å². The summed E-state index contributed by atoms with van der Waals surface area (Å²) in [6, 6.07) is 3.79. The predicted molar refractivity (Wildman–Crippen MR) is 80.0 cm³/mol. The number of carbonyl (C=O) groups excluding carboxylic acids is 1. The maximum absolute atomic E-state index is 11.9. The molecule has 0 N–H and O–H groups in total. The molecule has 0 aliphatic heterocycles. The molecule has 3 nitrogen and oxygen atoms in total. The number of rotatable bonds is 4. The lowest BCUT2D eigenvalue weighted by Gasteiger charge is -2.36. The van der Waals surface area contributed by atoms with Crippen molar-refractivity contribution >= 4 is 5.91 Å². The maximum Gasteiger partial charge on any atom is 0.219 e. The molecule has 1 aliphatic carbocycles. The Labute approximate surface area is 121 Å². The molecule has 0 fully saturated rings. The fraction of sp³-hybridized carbons (Fsp3) is 0.588. The highest BCUT2D eigenvalue weighted by molar-refractivity contribution is 5.73. The lowest BCUT2D eigenvalue weighted by molar-refractivity contribution is -0.130. The maximum atomic E-state index is 11.9. The first-order valence-corrected chi connectivity index (χ1v) is 7.42. The van der Waals surface area contributed by atoms with Crippen LogP contribution in [0, 0.1) is 17.8 Å². The molecule has 0 aromatic carbocycles. The second kappa shape index (κ2) is 6.29. The minimum absolute atomic E-state index is 0.118. The molecule has 3 atom stereocenters. The largest absolute Gasteiger partial charge is 0.467 e. The Bertz CT molecular complexity index is 475. The van der Waals surface area contributed by atoms with E-state index in [0.29, 0.717) is 24.3 Å². The Balaban J connectivity index is 2.06. The molecule has 1 aromatic heterocycles. The number of carbonyl (C=O) groups is 1. The Morgan fingerprint density at radius 3 is 2.75 bits per heavy atom. The zero-order valence-electron chi connectivity index (χ0n) is 12.9.